The molecule has 2 aromatic carbocycles. The highest BCUT2D eigenvalue weighted by Crippen LogP contribution is 2.36. The van der Waals surface area contributed by atoms with E-state index in [0.717, 1.165) is 36.5 Å². The van der Waals surface area contributed by atoms with Crippen molar-refractivity contribution in [2.45, 2.75) is 19.8 Å². The SMILES string of the molecule is COc1ccc2nc(NCCN3CCC(C)CC3)c(C#N)c(-c3cccc(F)c3)c2c1. The number of ether oxygens (including phenoxy) is 1. The molecule has 1 aliphatic heterocycles. The lowest BCUT2D eigenvalue weighted by atomic mass is 9.95. The third kappa shape index (κ3) is 4.62. The third-order valence-electron chi connectivity index (χ3n) is 6.01. The Labute approximate surface area is 182 Å². The number of methoxy groups -OCH3 is 1. The molecule has 0 atom stereocenters. The second kappa shape index (κ2) is 9.32. The van der Waals surface area contributed by atoms with Crippen LogP contribution in [0.2, 0.25) is 0 Å². The number of aromatic nitrogens is 1. The van der Waals surface area contributed by atoms with Gasteiger partial charge in [0.15, 0.2) is 0 Å². The minimum absolute atomic E-state index is 0.344. The molecule has 0 aliphatic carbocycles. The highest BCUT2D eigenvalue weighted by Gasteiger charge is 2.19. The van der Waals surface area contributed by atoms with Crippen molar-refractivity contribution in [3.8, 4) is 22.9 Å². The van der Waals surface area contributed by atoms with Crippen LogP contribution in [-0.2, 0) is 0 Å². The summed E-state index contributed by atoms with van der Waals surface area (Å²) in [5.74, 6) is 1.64. The molecule has 2 heterocycles. The maximum atomic E-state index is 14.0. The van der Waals surface area contributed by atoms with Crippen LogP contribution in [0.3, 0.4) is 0 Å². The van der Waals surface area contributed by atoms with Gasteiger partial charge in [-0.15, -0.1) is 0 Å². The maximum absolute atomic E-state index is 14.0. The van der Waals surface area contributed by atoms with Gasteiger partial charge in [-0.2, -0.15) is 5.26 Å². The summed E-state index contributed by atoms with van der Waals surface area (Å²) in [6.07, 6.45) is 2.45. The lowest BCUT2D eigenvalue weighted by Gasteiger charge is -2.30. The summed E-state index contributed by atoms with van der Waals surface area (Å²) in [6, 6.07) is 14.2. The normalized spacial score (nSPS) is 15.0. The molecule has 1 fully saturated rings. The minimum atomic E-state index is -0.344. The van der Waals surface area contributed by atoms with Gasteiger partial charge in [0.1, 0.15) is 29.0 Å². The van der Waals surface area contributed by atoms with Gasteiger partial charge in [0, 0.05) is 24.0 Å². The zero-order valence-electron chi connectivity index (χ0n) is 18.0. The van der Waals surface area contributed by atoms with Crippen LogP contribution in [0.25, 0.3) is 22.0 Å². The van der Waals surface area contributed by atoms with Crippen LogP contribution in [0.4, 0.5) is 10.2 Å². The van der Waals surface area contributed by atoms with Crippen molar-refractivity contribution >= 4 is 16.7 Å². The number of nitrogens with one attached hydrogen (secondary N) is 1. The Morgan fingerprint density at radius 2 is 2.03 bits per heavy atom. The third-order valence-corrected chi connectivity index (χ3v) is 6.01. The summed E-state index contributed by atoms with van der Waals surface area (Å²) in [6.45, 7) is 6.10. The summed E-state index contributed by atoms with van der Waals surface area (Å²) in [5, 5.41) is 14.2. The number of hydrogen-bond donors (Lipinski definition) is 1. The van der Waals surface area contributed by atoms with Gasteiger partial charge < -0.3 is 15.0 Å². The zero-order chi connectivity index (χ0) is 21.8. The second-order valence-electron chi connectivity index (χ2n) is 8.17. The number of nitriles is 1. The molecule has 0 saturated carbocycles. The minimum Gasteiger partial charge on any atom is -0.497 e. The Morgan fingerprint density at radius 1 is 1.23 bits per heavy atom. The predicted octanol–water partition coefficient (Wildman–Crippen LogP) is 5.06. The first-order valence-electron chi connectivity index (χ1n) is 10.7. The van der Waals surface area contributed by atoms with E-state index in [9.17, 15) is 9.65 Å². The molecule has 0 radical (unpaired) electrons. The Kier molecular flexibility index (Phi) is 6.34. The summed E-state index contributed by atoms with van der Waals surface area (Å²) in [7, 11) is 1.60. The molecule has 31 heavy (non-hydrogen) atoms. The van der Waals surface area contributed by atoms with Crippen molar-refractivity contribution < 1.29 is 9.13 Å². The van der Waals surface area contributed by atoms with Gasteiger partial charge in [0.2, 0.25) is 0 Å². The molecule has 1 aromatic heterocycles. The first-order valence-corrected chi connectivity index (χ1v) is 10.7. The lowest BCUT2D eigenvalue weighted by molar-refractivity contribution is 0.199. The fourth-order valence-electron chi connectivity index (χ4n) is 4.17. The quantitative estimate of drug-likeness (QED) is 0.606. The van der Waals surface area contributed by atoms with E-state index in [4.69, 9.17) is 9.72 Å². The van der Waals surface area contributed by atoms with Crippen LogP contribution in [0, 0.1) is 23.1 Å². The zero-order valence-corrected chi connectivity index (χ0v) is 18.0. The summed E-state index contributed by atoms with van der Waals surface area (Å²) >= 11 is 0. The molecular weight excluding hydrogens is 391 g/mol. The average molecular weight is 419 g/mol. The van der Waals surface area contributed by atoms with Crippen LogP contribution in [0.5, 0.6) is 5.75 Å². The van der Waals surface area contributed by atoms with Crippen molar-refractivity contribution in [1.82, 2.24) is 9.88 Å². The molecular formula is C25H27FN4O. The molecule has 3 aromatic rings. The molecule has 1 saturated heterocycles. The highest BCUT2D eigenvalue weighted by atomic mass is 19.1. The number of anilines is 1. The highest BCUT2D eigenvalue weighted by molar-refractivity contribution is 6.00. The van der Waals surface area contributed by atoms with Crippen LogP contribution < -0.4 is 10.1 Å². The van der Waals surface area contributed by atoms with Crippen molar-refractivity contribution in [1.29, 1.82) is 5.26 Å². The van der Waals surface area contributed by atoms with Gasteiger partial charge in [0.05, 0.1) is 12.6 Å². The molecule has 0 unspecified atom stereocenters. The Hall–Kier alpha value is -3.17. The van der Waals surface area contributed by atoms with E-state index < -0.39 is 0 Å². The Bertz CT molecular complexity index is 1120. The standard InChI is InChI=1S/C25H27FN4O/c1-17-8-11-30(12-9-17)13-10-28-25-22(16-27)24(18-4-3-5-19(26)14-18)21-15-20(31-2)6-7-23(21)29-25/h3-7,14-15,17H,8-13H2,1-2H3,(H,28,29). The van der Waals surface area contributed by atoms with E-state index in [1.54, 1.807) is 13.2 Å². The van der Waals surface area contributed by atoms with Gasteiger partial charge in [-0.1, -0.05) is 19.1 Å². The number of likely N-dealkylation sites (tertiary alicyclic amines) is 1. The number of halogens is 1. The maximum Gasteiger partial charge on any atom is 0.145 e. The smallest absolute Gasteiger partial charge is 0.145 e. The van der Waals surface area contributed by atoms with Gasteiger partial charge in [-0.25, -0.2) is 9.37 Å². The molecule has 1 aliphatic rings. The molecule has 5 nitrogen and oxygen atoms in total. The van der Waals surface area contributed by atoms with Crippen LogP contribution in [-0.4, -0.2) is 43.2 Å². The van der Waals surface area contributed by atoms with Crippen molar-refractivity contribution in [2.75, 3.05) is 38.6 Å². The van der Waals surface area contributed by atoms with E-state index in [1.807, 2.05) is 24.3 Å². The predicted molar refractivity (Wildman–Crippen MR) is 122 cm³/mol. The fourth-order valence-corrected chi connectivity index (χ4v) is 4.17. The van der Waals surface area contributed by atoms with E-state index in [0.29, 0.717) is 34.8 Å². The number of hydrogen-bond acceptors (Lipinski definition) is 5. The summed E-state index contributed by atoms with van der Waals surface area (Å²) in [5.41, 5.74) is 2.46. The van der Waals surface area contributed by atoms with Crippen molar-refractivity contribution in [3.63, 3.8) is 0 Å². The van der Waals surface area contributed by atoms with Crippen molar-refractivity contribution in [2.24, 2.45) is 5.92 Å². The largest absolute Gasteiger partial charge is 0.497 e. The molecule has 0 spiro atoms. The second-order valence-corrected chi connectivity index (χ2v) is 8.17. The molecule has 0 bridgehead atoms. The first-order chi connectivity index (χ1) is 15.1. The first kappa shape index (κ1) is 21.1. The van der Waals surface area contributed by atoms with Gasteiger partial charge >= 0.3 is 0 Å². The number of fused-ring (bicyclic) bond motifs is 1. The Morgan fingerprint density at radius 3 is 2.74 bits per heavy atom. The number of benzene rings is 2. The fraction of sp³-hybridized carbons (Fsp3) is 0.360. The van der Waals surface area contributed by atoms with E-state index in [2.05, 4.69) is 23.2 Å². The van der Waals surface area contributed by atoms with E-state index >= 15 is 0 Å². The van der Waals surface area contributed by atoms with Crippen LogP contribution in [0.1, 0.15) is 25.3 Å². The van der Waals surface area contributed by atoms with Crippen molar-refractivity contribution in [3.05, 3.63) is 53.8 Å². The molecule has 0 amide bonds. The lowest BCUT2D eigenvalue weighted by Crippen LogP contribution is -2.36. The molecule has 1 N–H and O–H groups in total. The van der Waals surface area contributed by atoms with Gasteiger partial charge in [0.25, 0.3) is 0 Å². The van der Waals surface area contributed by atoms with Crippen LogP contribution in [0.15, 0.2) is 42.5 Å². The summed E-state index contributed by atoms with van der Waals surface area (Å²) < 4.78 is 19.4. The van der Waals surface area contributed by atoms with Gasteiger partial charge in [-0.3, -0.25) is 0 Å². The number of rotatable bonds is 6. The average Bonchev–Trinajstić information content (AvgIpc) is 2.79. The number of nitrogens with zero attached hydrogens (tertiary/aromatic N) is 3. The topological polar surface area (TPSA) is 61.2 Å². The monoisotopic (exact) mass is 418 g/mol. The van der Waals surface area contributed by atoms with Gasteiger partial charge in [-0.05, 0) is 67.7 Å². The molecule has 160 valence electrons. The van der Waals surface area contributed by atoms with E-state index in [1.165, 1.54) is 25.0 Å². The van der Waals surface area contributed by atoms with Crippen LogP contribution >= 0.6 is 0 Å². The Balaban J connectivity index is 1.71. The summed E-state index contributed by atoms with van der Waals surface area (Å²) in [4.78, 5) is 7.17. The molecule has 6 heteroatoms. The number of pyridine rings is 1. The number of piperidine rings is 1. The molecule has 4 rings (SSSR count). The van der Waals surface area contributed by atoms with E-state index in [-0.39, 0.29) is 5.82 Å².